The lowest BCUT2D eigenvalue weighted by Gasteiger charge is -2.41. The summed E-state index contributed by atoms with van der Waals surface area (Å²) in [7, 11) is 0. The molecule has 1 aliphatic heterocycles. The first-order valence-corrected chi connectivity index (χ1v) is 13.2. The predicted molar refractivity (Wildman–Crippen MR) is 143 cm³/mol. The minimum absolute atomic E-state index is 0.00359. The van der Waals surface area contributed by atoms with Crippen molar-refractivity contribution < 1.29 is 24.1 Å². The van der Waals surface area contributed by atoms with Gasteiger partial charge in [0.15, 0.2) is 6.29 Å². The van der Waals surface area contributed by atoms with Crippen LogP contribution in [0.15, 0.2) is 90.6 Å². The van der Waals surface area contributed by atoms with Gasteiger partial charge in [-0.25, -0.2) is 9.78 Å². The highest BCUT2D eigenvalue weighted by Gasteiger charge is 2.38. The third-order valence-electron chi connectivity index (χ3n) is 6.18. The average Bonchev–Trinajstić information content (AvgIpc) is 2.95. The summed E-state index contributed by atoms with van der Waals surface area (Å²) in [5.41, 5.74) is 3.74. The number of pyridine rings is 1. The first kappa shape index (κ1) is 26.9. The lowest BCUT2D eigenvalue weighted by Crippen LogP contribution is -2.38. The number of hydrogen-bond donors (Lipinski definition) is 2. The number of carbonyl (C=O) groups excluding carboxylic acids is 1. The van der Waals surface area contributed by atoms with Crippen molar-refractivity contribution in [2.24, 2.45) is 5.92 Å². The number of benzene rings is 2. The summed E-state index contributed by atoms with van der Waals surface area (Å²) < 4.78 is 17.9. The Balaban J connectivity index is 1.48. The average molecular weight is 521 g/mol. The third kappa shape index (κ3) is 7.42. The number of carbonyl (C=O) groups is 1. The first-order valence-electron chi connectivity index (χ1n) is 12.2. The van der Waals surface area contributed by atoms with Gasteiger partial charge in [0.2, 0.25) is 0 Å². The van der Waals surface area contributed by atoms with Crippen molar-refractivity contribution in [1.82, 2.24) is 10.3 Å². The van der Waals surface area contributed by atoms with E-state index < -0.39 is 12.4 Å². The van der Waals surface area contributed by atoms with Crippen LogP contribution in [0.1, 0.15) is 41.6 Å². The van der Waals surface area contributed by atoms with Crippen molar-refractivity contribution in [3.05, 3.63) is 108 Å². The Hall–Kier alpha value is -3.17. The number of nitrogens with one attached hydrogen (secondary N) is 1. The topological polar surface area (TPSA) is 89.9 Å². The zero-order valence-electron chi connectivity index (χ0n) is 20.8. The molecule has 1 saturated heterocycles. The van der Waals surface area contributed by atoms with Crippen molar-refractivity contribution in [3.63, 3.8) is 0 Å². The normalized spacial score (nSPS) is 21.2. The van der Waals surface area contributed by atoms with Gasteiger partial charge >= 0.3 is 6.09 Å². The van der Waals surface area contributed by atoms with E-state index >= 15 is 0 Å². The highest BCUT2D eigenvalue weighted by molar-refractivity contribution is 7.99. The van der Waals surface area contributed by atoms with Crippen LogP contribution in [0.2, 0.25) is 0 Å². The summed E-state index contributed by atoms with van der Waals surface area (Å²) in [6.45, 7) is 6.20. The molecule has 37 heavy (non-hydrogen) atoms. The molecule has 2 N–H and O–H groups in total. The number of aromatic nitrogens is 1. The largest absolute Gasteiger partial charge is 0.445 e. The van der Waals surface area contributed by atoms with Crippen LogP contribution in [0.3, 0.4) is 0 Å². The number of alkyl carbamates (subject to hydrolysis) is 1. The summed E-state index contributed by atoms with van der Waals surface area (Å²) in [6, 6.07) is 21.6. The van der Waals surface area contributed by atoms with Gasteiger partial charge in [0.05, 0.1) is 23.8 Å². The van der Waals surface area contributed by atoms with E-state index in [4.69, 9.17) is 14.2 Å². The third-order valence-corrected chi connectivity index (χ3v) is 7.21. The fourth-order valence-electron chi connectivity index (χ4n) is 4.06. The number of rotatable bonds is 10. The second-order valence-corrected chi connectivity index (χ2v) is 9.82. The van der Waals surface area contributed by atoms with Crippen LogP contribution in [0, 0.1) is 5.92 Å². The highest BCUT2D eigenvalue weighted by atomic mass is 32.2. The Bertz CT molecular complexity index is 1140. The van der Waals surface area contributed by atoms with Gasteiger partial charge in [-0.2, -0.15) is 0 Å². The van der Waals surface area contributed by atoms with Crippen molar-refractivity contribution in [3.8, 4) is 0 Å². The highest BCUT2D eigenvalue weighted by Crippen LogP contribution is 2.42. The number of hydrogen-bond acceptors (Lipinski definition) is 7. The second kappa shape index (κ2) is 13.4. The number of thioether (sulfide) groups is 1. The van der Waals surface area contributed by atoms with Crippen LogP contribution in [0.25, 0.3) is 0 Å². The molecule has 1 aliphatic rings. The van der Waals surface area contributed by atoms with Crippen LogP contribution < -0.4 is 5.32 Å². The fraction of sp³-hybridized carbons (Fsp3) is 0.310. The molecule has 0 saturated carbocycles. The molecule has 3 aromatic rings. The number of nitrogens with zero attached hydrogens (tertiary/aromatic N) is 1. The van der Waals surface area contributed by atoms with E-state index in [1.165, 1.54) is 6.08 Å². The number of amides is 1. The molecule has 1 amide bonds. The Labute approximate surface area is 221 Å². The molecule has 0 bridgehead atoms. The lowest BCUT2D eigenvalue weighted by atomic mass is 9.91. The van der Waals surface area contributed by atoms with Crippen LogP contribution in [0.4, 0.5) is 4.79 Å². The van der Waals surface area contributed by atoms with Gasteiger partial charge in [0, 0.05) is 30.0 Å². The molecule has 0 radical (unpaired) electrons. The lowest BCUT2D eigenvalue weighted by molar-refractivity contribution is -0.268. The molecule has 4 rings (SSSR count). The van der Waals surface area contributed by atoms with Crippen LogP contribution in [-0.2, 0) is 27.4 Å². The fourth-order valence-corrected chi connectivity index (χ4v) is 5.09. The van der Waals surface area contributed by atoms with Crippen LogP contribution >= 0.6 is 11.8 Å². The maximum Gasteiger partial charge on any atom is 0.407 e. The maximum atomic E-state index is 11.7. The number of aliphatic hydroxyl groups excluding tert-OH is 1. The summed E-state index contributed by atoms with van der Waals surface area (Å²) in [6.07, 6.45) is 2.03. The van der Waals surface area contributed by atoms with Crippen LogP contribution in [-0.4, -0.2) is 34.6 Å². The van der Waals surface area contributed by atoms with Crippen molar-refractivity contribution in [1.29, 1.82) is 0 Å². The van der Waals surface area contributed by atoms with Crippen molar-refractivity contribution in [2.75, 3.05) is 12.4 Å². The molecule has 0 spiro atoms. The van der Waals surface area contributed by atoms with E-state index in [1.807, 2.05) is 66.7 Å². The van der Waals surface area contributed by atoms with Gasteiger partial charge < -0.3 is 24.6 Å². The molecular formula is C29H32N2O5S. The van der Waals surface area contributed by atoms with Gasteiger partial charge in [0.25, 0.3) is 0 Å². The summed E-state index contributed by atoms with van der Waals surface area (Å²) in [4.78, 5) is 16.1. The molecule has 0 unspecified atom stereocenters. The standard InChI is InChI=1S/C29H32N2O5S/c1-3-16-34-29(33)31-17-21-7-13-24(14-8-21)28-35-25(19-37-26-6-4-5-15-30-26)20(2)27(36-28)23-11-9-22(18-32)10-12-23/h3-15,20,25,27-28,32H,1,16-19H2,2H3,(H,31,33)/t20-,25+,27+,28+/m0/s1. The minimum Gasteiger partial charge on any atom is -0.445 e. The van der Waals surface area contributed by atoms with E-state index in [1.54, 1.807) is 18.0 Å². The molecule has 1 aromatic heterocycles. The maximum absolute atomic E-state index is 11.7. The van der Waals surface area contributed by atoms with E-state index in [-0.39, 0.29) is 31.3 Å². The van der Waals surface area contributed by atoms with E-state index in [9.17, 15) is 9.90 Å². The zero-order chi connectivity index (χ0) is 26.0. The minimum atomic E-state index is -0.549. The molecule has 2 aromatic carbocycles. The van der Waals surface area contributed by atoms with E-state index in [0.29, 0.717) is 6.54 Å². The van der Waals surface area contributed by atoms with Gasteiger partial charge in [-0.3, -0.25) is 0 Å². The Morgan fingerprint density at radius 1 is 1.08 bits per heavy atom. The Morgan fingerprint density at radius 2 is 1.81 bits per heavy atom. The number of aliphatic hydroxyl groups is 1. The number of ether oxygens (including phenoxy) is 3. The molecule has 8 heteroatoms. The van der Waals surface area contributed by atoms with Gasteiger partial charge in [0.1, 0.15) is 6.61 Å². The van der Waals surface area contributed by atoms with Gasteiger partial charge in [-0.15, -0.1) is 11.8 Å². The molecule has 0 aliphatic carbocycles. The summed E-state index contributed by atoms with van der Waals surface area (Å²) in [5, 5.41) is 13.1. The molecule has 4 atom stereocenters. The quantitative estimate of drug-likeness (QED) is 0.267. The summed E-state index contributed by atoms with van der Waals surface area (Å²) >= 11 is 1.67. The smallest absolute Gasteiger partial charge is 0.407 e. The Morgan fingerprint density at radius 3 is 2.49 bits per heavy atom. The van der Waals surface area contributed by atoms with Crippen molar-refractivity contribution >= 4 is 17.9 Å². The van der Waals surface area contributed by atoms with Gasteiger partial charge in [-0.05, 0) is 28.8 Å². The zero-order valence-corrected chi connectivity index (χ0v) is 21.6. The van der Waals surface area contributed by atoms with E-state index in [0.717, 1.165) is 33.0 Å². The van der Waals surface area contributed by atoms with Gasteiger partial charge in [-0.1, -0.05) is 74.2 Å². The second-order valence-electron chi connectivity index (χ2n) is 8.78. The summed E-state index contributed by atoms with van der Waals surface area (Å²) in [5.74, 6) is 0.829. The Kier molecular flexibility index (Phi) is 9.73. The van der Waals surface area contributed by atoms with Crippen molar-refractivity contribution in [2.45, 2.75) is 43.6 Å². The molecule has 1 fully saturated rings. The predicted octanol–water partition coefficient (Wildman–Crippen LogP) is 5.57. The first-order chi connectivity index (χ1) is 18.1. The molecule has 7 nitrogen and oxygen atoms in total. The van der Waals surface area contributed by atoms with Crippen LogP contribution in [0.5, 0.6) is 0 Å². The molecule has 2 heterocycles. The monoisotopic (exact) mass is 520 g/mol. The molecular weight excluding hydrogens is 488 g/mol. The SMILES string of the molecule is C=CCOC(=O)NCc1ccc([C@@H]2O[C@H](CSc3ccccn3)[C@H](C)[C@H](c3ccc(CO)cc3)O2)cc1. The molecule has 194 valence electrons. The van der Waals surface area contributed by atoms with E-state index in [2.05, 4.69) is 23.8 Å².